The molecule has 1 aromatic heterocycles. The van der Waals surface area contributed by atoms with Gasteiger partial charge in [0.25, 0.3) is 0 Å². The highest BCUT2D eigenvalue weighted by molar-refractivity contribution is 5.34. The first-order chi connectivity index (χ1) is 8.93. The maximum Gasteiger partial charge on any atom is 0.187 e. The summed E-state index contributed by atoms with van der Waals surface area (Å²) in [5.74, 6) is 0.777. The minimum absolute atomic E-state index is 0.317. The molecule has 2 heterocycles. The Morgan fingerprint density at radius 3 is 2.89 bits per heavy atom. The number of H-pyrrole nitrogens is 1. The molecule has 5 heteroatoms. The van der Waals surface area contributed by atoms with Crippen molar-refractivity contribution in [3.63, 3.8) is 0 Å². The van der Waals surface area contributed by atoms with Gasteiger partial charge in [0.15, 0.2) is 6.29 Å². The van der Waals surface area contributed by atoms with Gasteiger partial charge in [-0.05, 0) is 6.07 Å². The SMILES string of the molecule is c1ccc(C2OCCO2)c(OCc2cnc[nH]2)c1. The van der Waals surface area contributed by atoms with Crippen molar-refractivity contribution in [1.82, 2.24) is 9.97 Å². The lowest BCUT2D eigenvalue weighted by Crippen LogP contribution is -2.03. The Hall–Kier alpha value is -1.85. The largest absolute Gasteiger partial charge is 0.487 e. The highest BCUT2D eigenvalue weighted by Crippen LogP contribution is 2.31. The third-order valence-electron chi connectivity index (χ3n) is 2.73. The first kappa shape index (κ1) is 11.3. The van der Waals surface area contributed by atoms with Crippen LogP contribution in [0.5, 0.6) is 5.75 Å². The van der Waals surface area contributed by atoms with Gasteiger partial charge in [0.2, 0.25) is 0 Å². The van der Waals surface area contributed by atoms with Crippen LogP contribution in [0.25, 0.3) is 0 Å². The smallest absolute Gasteiger partial charge is 0.187 e. The van der Waals surface area contributed by atoms with E-state index in [9.17, 15) is 0 Å². The fraction of sp³-hybridized carbons (Fsp3) is 0.308. The molecule has 18 heavy (non-hydrogen) atoms. The van der Waals surface area contributed by atoms with E-state index in [-0.39, 0.29) is 6.29 Å². The molecule has 1 aromatic carbocycles. The lowest BCUT2D eigenvalue weighted by Gasteiger charge is -2.14. The van der Waals surface area contributed by atoms with Gasteiger partial charge in [-0.25, -0.2) is 4.98 Å². The molecule has 0 radical (unpaired) electrons. The van der Waals surface area contributed by atoms with E-state index in [1.807, 2.05) is 24.3 Å². The highest BCUT2D eigenvalue weighted by Gasteiger charge is 2.21. The van der Waals surface area contributed by atoms with Crippen molar-refractivity contribution in [2.45, 2.75) is 12.9 Å². The Balaban J connectivity index is 1.74. The Morgan fingerprint density at radius 1 is 1.28 bits per heavy atom. The maximum atomic E-state index is 5.76. The molecule has 1 saturated heterocycles. The van der Waals surface area contributed by atoms with Crippen LogP contribution in [0, 0.1) is 0 Å². The molecule has 94 valence electrons. The number of benzene rings is 1. The number of hydrogen-bond acceptors (Lipinski definition) is 4. The Kier molecular flexibility index (Phi) is 3.25. The lowest BCUT2D eigenvalue weighted by molar-refractivity contribution is -0.0458. The standard InChI is InChI=1S/C13H14N2O3/c1-2-4-12(18-8-10-7-14-9-15-10)11(3-1)13-16-5-6-17-13/h1-4,7,9,13H,5-6,8H2,(H,14,15). The zero-order valence-corrected chi connectivity index (χ0v) is 9.83. The molecule has 1 aliphatic heterocycles. The molecule has 0 aliphatic carbocycles. The monoisotopic (exact) mass is 246 g/mol. The van der Waals surface area contributed by atoms with Crippen molar-refractivity contribution < 1.29 is 14.2 Å². The molecule has 5 nitrogen and oxygen atoms in total. The van der Waals surface area contributed by atoms with E-state index in [4.69, 9.17) is 14.2 Å². The maximum absolute atomic E-state index is 5.76. The lowest BCUT2D eigenvalue weighted by atomic mass is 10.2. The first-order valence-electron chi connectivity index (χ1n) is 5.85. The predicted octanol–water partition coefficient (Wildman–Crippen LogP) is 2.03. The fourth-order valence-corrected chi connectivity index (χ4v) is 1.86. The van der Waals surface area contributed by atoms with Crippen LogP contribution >= 0.6 is 0 Å². The zero-order valence-electron chi connectivity index (χ0n) is 9.83. The minimum atomic E-state index is -0.317. The van der Waals surface area contributed by atoms with Gasteiger partial charge in [-0.3, -0.25) is 0 Å². The van der Waals surface area contributed by atoms with Gasteiger partial charge < -0.3 is 19.2 Å². The van der Waals surface area contributed by atoms with Gasteiger partial charge in [-0.1, -0.05) is 18.2 Å². The summed E-state index contributed by atoms with van der Waals surface area (Å²) >= 11 is 0. The molecular formula is C13H14N2O3. The van der Waals surface area contributed by atoms with Crippen molar-refractivity contribution in [3.8, 4) is 5.75 Å². The molecule has 0 atom stereocenters. The predicted molar refractivity (Wildman–Crippen MR) is 64.0 cm³/mol. The van der Waals surface area contributed by atoms with Crippen LogP contribution < -0.4 is 4.74 Å². The number of ether oxygens (including phenoxy) is 3. The van der Waals surface area contributed by atoms with E-state index < -0.39 is 0 Å². The molecule has 0 spiro atoms. The summed E-state index contributed by atoms with van der Waals surface area (Å²) in [6.45, 7) is 1.70. The van der Waals surface area contributed by atoms with E-state index in [1.54, 1.807) is 12.5 Å². The number of nitrogens with zero attached hydrogens (tertiary/aromatic N) is 1. The van der Waals surface area contributed by atoms with E-state index in [0.717, 1.165) is 17.0 Å². The summed E-state index contributed by atoms with van der Waals surface area (Å²) in [6, 6.07) is 7.75. The summed E-state index contributed by atoms with van der Waals surface area (Å²) in [7, 11) is 0. The number of aromatic amines is 1. The van der Waals surface area contributed by atoms with Crippen LogP contribution in [0.3, 0.4) is 0 Å². The fourth-order valence-electron chi connectivity index (χ4n) is 1.86. The third kappa shape index (κ3) is 2.37. The summed E-state index contributed by atoms with van der Waals surface area (Å²) in [6.07, 6.45) is 3.06. The normalized spacial score (nSPS) is 16.0. The molecule has 0 bridgehead atoms. The number of aromatic nitrogens is 2. The highest BCUT2D eigenvalue weighted by atomic mass is 16.7. The van der Waals surface area contributed by atoms with Gasteiger partial charge in [0.1, 0.15) is 12.4 Å². The second-order valence-corrected chi connectivity index (χ2v) is 3.98. The topological polar surface area (TPSA) is 56.4 Å². The molecule has 0 saturated carbocycles. The number of para-hydroxylation sites is 1. The average molecular weight is 246 g/mol. The number of imidazole rings is 1. The van der Waals surface area contributed by atoms with Crippen LogP contribution in [-0.4, -0.2) is 23.2 Å². The van der Waals surface area contributed by atoms with Gasteiger partial charge in [0, 0.05) is 5.56 Å². The first-order valence-corrected chi connectivity index (χ1v) is 5.85. The number of rotatable bonds is 4. The number of hydrogen-bond donors (Lipinski definition) is 1. The van der Waals surface area contributed by atoms with Crippen molar-refractivity contribution >= 4 is 0 Å². The Bertz CT molecular complexity index is 493. The summed E-state index contributed by atoms with van der Waals surface area (Å²) in [4.78, 5) is 6.95. The quantitative estimate of drug-likeness (QED) is 0.896. The molecule has 1 fully saturated rings. The van der Waals surface area contributed by atoms with Crippen molar-refractivity contribution in [2.24, 2.45) is 0 Å². The van der Waals surface area contributed by atoms with E-state index in [1.165, 1.54) is 0 Å². The Labute approximate surface area is 105 Å². The summed E-state index contributed by atoms with van der Waals surface area (Å²) in [5.41, 5.74) is 1.85. The molecule has 0 unspecified atom stereocenters. The molecule has 2 aromatic rings. The molecule has 1 aliphatic rings. The van der Waals surface area contributed by atoms with Gasteiger partial charge in [-0.15, -0.1) is 0 Å². The average Bonchev–Trinajstić information content (AvgIpc) is 3.10. The van der Waals surface area contributed by atoms with Gasteiger partial charge >= 0.3 is 0 Å². The van der Waals surface area contributed by atoms with Gasteiger partial charge in [-0.2, -0.15) is 0 Å². The molecular weight excluding hydrogens is 232 g/mol. The second-order valence-electron chi connectivity index (χ2n) is 3.98. The van der Waals surface area contributed by atoms with E-state index in [0.29, 0.717) is 19.8 Å². The zero-order chi connectivity index (χ0) is 12.2. The van der Waals surface area contributed by atoms with Crippen molar-refractivity contribution in [2.75, 3.05) is 13.2 Å². The Morgan fingerprint density at radius 2 is 2.11 bits per heavy atom. The summed E-state index contributed by atoms with van der Waals surface area (Å²) in [5, 5.41) is 0. The van der Waals surface area contributed by atoms with Crippen LogP contribution in [0.4, 0.5) is 0 Å². The van der Waals surface area contributed by atoms with Crippen LogP contribution in [-0.2, 0) is 16.1 Å². The molecule has 1 N–H and O–H groups in total. The molecule has 0 amide bonds. The van der Waals surface area contributed by atoms with Gasteiger partial charge in [0.05, 0.1) is 31.4 Å². The molecule has 3 rings (SSSR count). The van der Waals surface area contributed by atoms with E-state index in [2.05, 4.69) is 9.97 Å². The van der Waals surface area contributed by atoms with Crippen LogP contribution in [0.2, 0.25) is 0 Å². The van der Waals surface area contributed by atoms with Crippen molar-refractivity contribution in [3.05, 3.63) is 48.0 Å². The van der Waals surface area contributed by atoms with E-state index >= 15 is 0 Å². The number of nitrogens with one attached hydrogen (secondary N) is 1. The summed E-state index contributed by atoms with van der Waals surface area (Å²) < 4.78 is 16.8. The third-order valence-corrected chi connectivity index (χ3v) is 2.73. The van der Waals surface area contributed by atoms with Crippen molar-refractivity contribution in [1.29, 1.82) is 0 Å². The second kappa shape index (κ2) is 5.20. The van der Waals surface area contributed by atoms with Crippen LogP contribution in [0.1, 0.15) is 17.5 Å². The minimum Gasteiger partial charge on any atom is -0.487 e. The van der Waals surface area contributed by atoms with Crippen LogP contribution in [0.15, 0.2) is 36.8 Å².